The Morgan fingerprint density at radius 2 is 1.88 bits per heavy atom. The van der Waals surface area contributed by atoms with Crippen LogP contribution < -0.4 is 0 Å². The van der Waals surface area contributed by atoms with Crippen LogP contribution in [-0.2, 0) is 14.4 Å². The van der Waals surface area contributed by atoms with Crippen LogP contribution >= 0.6 is 0 Å². The van der Waals surface area contributed by atoms with E-state index in [0.717, 1.165) is 18.4 Å². The van der Waals surface area contributed by atoms with Crippen LogP contribution in [0.5, 0.6) is 0 Å². The maximum Gasteiger partial charge on any atom is 0.336 e. The molecule has 0 heterocycles. The maximum atomic E-state index is 13.3. The lowest BCUT2D eigenvalue weighted by Crippen LogP contribution is -2.64. The van der Waals surface area contributed by atoms with Crippen molar-refractivity contribution in [3.05, 3.63) is 23.8 Å². The number of carboxylic acids is 1. The summed E-state index contributed by atoms with van der Waals surface area (Å²) in [5.74, 6) is -1.50. The normalized spacial score (nSPS) is 49.9. The molecule has 5 heteroatoms. The minimum atomic E-state index is -1.86. The molecule has 0 saturated heterocycles. The fraction of sp³-hybridized carbons (Fsp3) is 0.667. The molecule has 0 radical (unpaired) electrons. The van der Waals surface area contributed by atoms with Crippen LogP contribution in [-0.4, -0.2) is 33.3 Å². The number of Topliss-reactive ketones (excluding diaryl/α,β-unsaturated/α-hetero) is 1. The largest absolute Gasteiger partial charge is 0.479 e. The van der Waals surface area contributed by atoms with Crippen LogP contribution in [0.3, 0.4) is 0 Å². The van der Waals surface area contributed by atoms with Crippen molar-refractivity contribution in [2.75, 3.05) is 0 Å². The van der Waals surface area contributed by atoms with Gasteiger partial charge in [0.25, 0.3) is 0 Å². The van der Waals surface area contributed by atoms with E-state index in [1.54, 1.807) is 19.1 Å². The van der Waals surface area contributed by atoms with Gasteiger partial charge in [-0.25, -0.2) is 4.79 Å². The summed E-state index contributed by atoms with van der Waals surface area (Å²) < 4.78 is 0. The molecule has 2 N–H and O–H groups in total. The van der Waals surface area contributed by atoms with Crippen molar-refractivity contribution in [3.63, 3.8) is 0 Å². The molecular formula is C21H26O5. The number of aliphatic hydroxyl groups is 1. The molecule has 4 aliphatic rings. The highest BCUT2D eigenvalue weighted by molar-refractivity contribution is 6.02. The molecule has 0 aromatic heterocycles. The van der Waals surface area contributed by atoms with Crippen molar-refractivity contribution in [2.45, 2.75) is 58.5 Å². The summed E-state index contributed by atoms with van der Waals surface area (Å²) in [6.07, 6.45) is 7.43. The molecule has 3 fully saturated rings. The highest BCUT2D eigenvalue weighted by Gasteiger charge is 2.73. The van der Waals surface area contributed by atoms with Crippen molar-refractivity contribution in [2.24, 2.45) is 28.1 Å². The molecule has 6 atom stereocenters. The molecule has 0 aromatic rings. The first kappa shape index (κ1) is 17.7. The average Bonchev–Trinajstić information content (AvgIpc) is 2.77. The number of ketones is 2. The number of carbonyl (C=O) groups is 3. The third-order valence-corrected chi connectivity index (χ3v) is 8.60. The van der Waals surface area contributed by atoms with Gasteiger partial charge >= 0.3 is 5.97 Å². The van der Waals surface area contributed by atoms with Crippen molar-refractivity contribution in [1.29, 1.82) is 0 Å². The lowest BCUT2D eigenvalue weighted by atomic mass is 9.42. The number of fused-ring (bicyclic) bond motifs is 5. The van der Waals surface area contributed by atoms with Crippen LogP contribution in [0.15, 0.2) is 23.8 Å². The van der Waals surface area contributed by atoms with E-state index in [0.29, 0.717) is 6.42 Å². The van der Waals surface area contributed by atoms with Crippen molar-refractivity contribution in [3.8, 4) is 0 Å². The zero-order chi connectivity index (χ0) is 19.1. The van der Waals surface area contributed by atoms with Gasteiger partial charge in [-0.15, -0.1) is 0 Å². The van der Waals surface area contributed by atoms with Gasteiger partial charge in [-0.05, 0) is 49.2 Å². The highest BCUT2D eigenvalue weighted by Crippen LogP contribution is 2.71. The van der Waals surface area contributed by atoms with Crippen molar-refractivity contribution < 1.29 is 24.6 Å². The van der Waals surface area contributed by atoms with Gasteiger partial charge in [-0.3, -0.25) is 9.59 Å². The van der Waals surface area contributed by atoms with Gasteiger partial charge in [0.2, 0.25) is 0 Å². The van der Waals surface area contributed by atoms with E-state index in [1.807, 2.05) is 13.0 Å². The molecule has 0 spiro atoms. The van der Waals surface area contributed by atoms with E-state index in [-0.39, 0.29) is 36.2 Å². The Labute approximate surface area is 153 Å². The molecular weight excluding hydrogens is 332 g/mol. The minimum Gasteiger partial charge on any atom is -0.479 e. The number of hydrogen-bond acceptors (Lipinski definition) is 4. The third-order valence-electron chi connectivity index (χ3n) is 8.60. The fourth-order valence-corrected chi connectivity index (χ4v) is 6.73. The number of carbonyl (C=O) groups excluding carboxylic acids is 2. The predicted molar refractivity (Wildman–Crippen MR) is 94.2 cm³/mol. The minimum absolute atomic E-state index is 0.00197. The zero-order valence-corrected chi connectivity index (χ0v) is 15.5. The number of rotatable bonds is 1. The summed E-state index contributed by atoms with van der Waals surface area (Å²) in [6.45, 7) is 5.88. The van der Waals surface area contributed by atoms with Gasteiger partial charge in [0.1, 0.15) is 5.78 Å². The van der Waals surface area contributed by atoms with Gasteiger partial charge < -0.3 is 10.2 Å². The average molecular weight is 358 g/mol. The number of allylic oxidation sites excluding steroid dienone is 4. The molecule has 3 saturated carbocycles. The molecule has 3 unspecified atom stereocenters. The predicted octanol–water partition coefficient (Wildman–Crippen LogP) is 2.68. The van der Waals surface area contributed by atoms with Gasteiger partial charge in [-0.2, -0.15) is 0 Å². The lowest BCUT2D eigenvalue weighted by Gasteiger charge is -2.61. The Morgan fingerprint density at radius 1 is 1.19 bits per heavy atom. The van der Waals surface area contributed by atoms with Crippen LogP contribution in [0.4, 0.5) is 0 Å². The van der Waals surface area contributed by atoms with E-state index >= 15 is 0 Å². The molecule has 0 amide bonds. The molecule has 4 rings (SSSR count). The summed E-state index contributed by atoms with van der Waals surface area (Å²) in [7, 11) is 0. The number of aliphatic carboxylic acids is 1. The van der Waals surface area contributed by atoms with E-state index in [1.165, 1.54) is 0 Å². The molecule has 26 heavy (non-hydrogen) atoms. The summed E-state index contributed by atoms with van der Waals surface area (Å²) in [5, 5.41) is 20.7. The Hall–Kier alpha value is -1.75. The molecule has 140 valence electrons. The third kappa shape index (κ3) is 1.77. The monoisotopic (exact) mass is 358 g/mol. The Kier molecular flexibility index (Phi) is 3.36. The van der Waals surface area contributed by atoms with E-state index in [9.17, 15) is 24.6 Å². The number of carboxylic acid groups (broad SMARTS) is 1. The van der Waals surface area contributed by atoms with Gasteiger partial charge in [0.15, 0.2) is 11.4 Å². The first-order valence-electron chi connectivity index (χ1n) is 9.42. The fourth-order valence-electron chi connectivity index (χ4n) is 6.73. The summed E-state index contributed by atoms with van der Waals surface area (Å²) in [6, 6.07) is 0. The highest BCUT2D eigenvalue weighted by atomic mass is 16.4. The van der Waals surface area contributed by atoms with Gasteiger partial charge in [-0.1, -0.05) is 32.4 Å². The molecule has 0 aromatic carbocycles. The Balaban J connectivity index is 1.84. The van der Waals surface area contributed by atoms with E-state index in [2.05, 4.69) is 6.92 Å². The van der Waals surface area contributed by atoms with E-state index < -0.39 is 27.8 Å². The molecule has 0 aliphatic heterocycles. The van der Waals surface area contributed by atoms with Crippen LogP contribution in [0.1, 0.15) is 52.9 Å². The van der Waals surface area contributed by atoms with Crippen LogP contribution in [0.25, 0.3) is 0 Å². The Morgan fingerprint density at radius 3 is 2.54 bits per heavy atom. The summed E-state index contributed by atoms with van der Waals surface area (Å²) in [4.78, 5) is 37.0. The maximum absolute atomic E-state index is 13.3. The van der Waals surface area contributed by atoms with Crippen LogP contribution in [0, 0.1) is 28.1 Å². The van der Waals surface area contributed by atoms with Crippen LogP contribution in [0.2, 0.25) is 0 Å². The van der Waals surface area contributed by atoms with Crippen molar-refractivity contribution in [1.82, 2.24) is 0 Å². The second-order valence-electron chi connectivity index (χ2n) is 9.37. The second-order valence-corrected chi connectivity index (χ2v) is 9.37. The lowest BCUT2D eigenvalue weighted by molar-refractivity contribution is -0.194. The molecule has 5 nitrogen and oxygen atoms in total. The smallest absolute Gasteiger partial charge is 0.336 e. The second kappa shape index (κ2) is 4.94. The molecule has 0 bridgehead atoms. The van der Waals surface area contributed by atoms with E-state index in [4.69, 9.17) is 0 Å². The standard InChI is InChI=1S/C21H26O5/c1-18-7-6-13(22)10-12(18)4-5-14-16(18)15(23)11-20(3)19(14,2)8-9-21(20,26)17(24)25/h6-7,10,14,16,26H,4-5,8-9,11H2,1-3H3,(H,24,25)/t14?,16?,18-,19-,20?,21-/m0/s1. The summed E-state index contributed by atoms with van der Waals surface area (Å²) in [5.41, 5.74) is -2.74. The van der Waals surface area contributed by atoms with Gasteiger partial charge in [0.05, 0.1) is 0 Å². The first-order valence-corrected chi connectivity index (χ1v) is 9.42. The quantitative estimate of drug-likeness (QED) is 0.752. The SMILES string of the molecule is CC12CC(=O)C3C(CCC4=CC(=O)C=C[C@@]43C)[C@]1(C)CC[C@]2(O)C(=O)O. The van der Waals surface area contributed by atoms with Crippen molar-refractivity contribution >= 4 is 17.5 Å². The topological polar surface area (TPSA) is 91.7 Å². The Bertz CT molecular complexity index is 794. The van der Waals surface area contributed by atoms with Gasteiger partial charge in [0, 0.05) is 23.2 Å². The molecule has 4 aliphatic carbocycles. The zero-order valence-electron chi connectivity index (χ0n) is 15.5. The first-order chi connectivity index (χ1) is 12.0. The number of hydrogen-bond donors (Lipinski definition) is 2. The summed E-state index contributed by atoms with van der Waals surface area (Å²) >= 11 is 0.